The van der Waals surface area contributed by atoms with E-state index >= 15 is 0 Å². The van der Waals surface area contributed by atoms with Crippen LogP contribution in [0.4, 0.5) is 5.82 Å². The zero-order valence-electron chi connectivity index (χ0n) is 8.89. The molecule has 90 valence electrons. The number of sulfonamides is 1. The molecule has 8 nitrogen and oxygen atoms in total. The lowest BCUT2D eigenvalue weighted by Gasteiger charge is -2.15. The number of nitrogens with zero attached hydrogens (tertiary/aromatic N) is 2. The van der Waals surface area contributed by atoms with E-state index in [2.05, 4.69) is 15.5 Å². The van der Waals surface area contributed by atoms with Gasteiger partial charge in [-0.1, -0.05) is 0 Å². The summed E-state index contributed by atoms with van der Waals surface area (Å²) >= 11 is 0. The average molecular weight is 247 g/mol. The van der Waals surface area contributed by atoms with E-state index in [4.69, 9.17) is 5.73 Å². The Bertz CT molecular complexity index is 480. The number of likely N-dealkylation sites (N-methyl/N-ethyl adjacent to an activating group) is 2. The van der Waals surface area contributed by atoms with Crippen LogP contribution in [0.25, 0.3) is 0 Å². The van der Waals surface area contributed by atoms with E-state index in [1.165, 1.54) is 14.1 Å². The highest BCUT2D eigenvalue weighted by Crippen LogP contribution is 2.17. The summed E-state index contributed by atoms with van der Waals surface area (Å²) in [6.07, 6.45) is 1.10. The van der Waals surface area contributed by atoms with Crippen molar-refractivity contribution in [2.24, 2.45) is 0 Å². The molecule has 4 N–H and O–H groups in total. The van der Waals surface area contributed by atoms with Gasteiger partial charge in [0, 0.05) is 14.1 Å². The number of H-pyrrole nitrogens is 1. The van der Waals surface area contributed by atoms with E-state index in [-0.39, 0.29) is 17.3 Å². The summed E-state index contributed by atoms with van der Waals surface area (Å²) in [5.74, 6) is -0.461. The molecule has 0 saturated carbocycles. The Labute approximate surface area is 92.9 Å². The molecule has 0 saturated heterocycles. The fourth-order valence-corrected chi connectivity index (χ4v) is 2.16. The lowest BCUT2D eigenvalue weighted by atomic mass is 10.6. The summed E-state index contributed by atoms with van der Waals surface area (Å²) < 4.78 is 24.6. The van der Waals surface area contributed by atoms with Crippen molar-refractivity contribution in [1.29, 1.82) is 0 Å². The summed E-state index contributed by atoms with van der Waals surface area (Å²) in [7, 11) is -1.06. The molecule has 0 aliphatic heterocycles. The summed E-state index contributed by atoms with van der Waals surface area (Å²) in [5, 5.41) is 8.16. The highest BCUT2D eigenvalue weighted by atomic mass is 32.2. The van der Waals surface area contributed by atoms with Gasteiger partial charge >= 0.3 is 0 Å². The van der Waals surface area contributed by atoms with Gasteiger partial charge in [0.1, 0.15) is 10.7 Å². The zero-order valence-corrected chi connectivity index (χ0v) is 9.71. The SMILES string of the molecule is CNC(=O)CN(C)S(=O)(=O)c1cn[nH]c1N. The Balaban J connectivity index is 2.95. The van der Waals surface area contributed by atoms with Gasteiger partial charge in [-0.05, 0) is 0 Å². The van der Waals surface area contributed by atoms with E-state index in [0.29, 0.717) is 0 Å². The van der Waals surface area contributed by atoms with Crippen molar-refractivity contribution in [1.82, 2.24) is 19.8 Å². The molecule has 1 rings (SSSR count). The maximum atomic E-state index is 11.9. The van der Waals surface area contributed by atoms with E-state index in [0.717, 1.165) is 10.5 Å². The molecule has 0 aromatic carbocycles. The zero-order chi connectivity index (χ0) is 12.3. The molecular formula is C7H13N5O3S. The highest BCUT2D eigenvalue weighted by Gasteiger charge is 2.26. The molecule has 1 aromatic heterocycles. The smallest absolute Gasteiger partial charge is 0.248 e. The second kappa shape index (κ2) is 4.49. The number of nitrogens with one attached hydrogen (secondary N) is 2. The van der Waals surface area contributed by atoms with E-state index in [1.807, 2.05) is 0 Å². The third-order valence-corrected chi connectivity index (χ3v) is 3.80. The molecule has 0 aliphatic rings. The third kappa shape index (κ3) is 2.31. The summed E-state index contributed by atoms with van der Waals surface area (Å²) in [5.41, 5.74) is 5.40. The number of hydrogen-bond donors (Lipinski definition) is 3. The van der Waals surface area contributed by atoms with Crippen molar-refractivity contribution >= 4 is 21.7 Å². The highest BCUT2D eigenvalue weighted by molar-refractivity contribution is 7.89. The molecule has 0 fully saturated rings. The first-order valence-corrected chi connectivity index (χ1v) is 5.79. The first-order chi connectivity index (χ1) is 7.39. The quantitative estimate of drug-likeness (QED) is 0.589. The summed E-state index contributed by atoms with van der Waals surface area (Å²) in [4.78, 5) is 10.9. The van der Waals surface area contributed by atoms with Crippen LogP contribution in [0.3, 0.4) is 0 Å². The predicted octanol–water partition coefficient (Wildman–Crippen LogP) is -1.64. The second-order valence-corrected chi connectivity index (χ2v) is 5.10. The van der Waals surface area contributed by atoms with Crippen molar-refractivity contribution in [3.63, 3.8) is 0 Å². The van der Waals surface area contributed by atoms with Crippen molar-refractivity contribution in [2.75, 3.05) is 26.4 Å². The number of aromatic nitrogens is 2. The number of hydrogen-bond acceptors (Lipinski definition) is 5. The third-order valence-electron chi connectivity index (χ3n) is 1.97. The normalized spacial score (nSPS) is 11.7. The fourth-order valence-electron chi connectivity index (χ4n) is 1.02. The van der Waals surface area contributed by atoms with Gasteiger partial charge < -0.3 is 11.1 Å². The van der Waals surface area contributed by atoms with Gasteiger partial charge in [0.15, 0.2) is 0 Å². The Morgan fingerprint density at radius 3 is 2.75 bits per heavy atom. The van der Waals surface area contributed by atoms with E-state index < -0.39 is 15.9 Å². The molecule has 0 bridgehead atoms. The average Bonchev–Trinajstić information content (AvgIpc) is 2.64. The van der Waals surface area contributed by atoms with E-state index in [9.17, 15) is 13.2 Å². The molecule has 0 atom stereocenters. The number of anilines is 1. The fraction of sp³-hybridized carbons (Fsp3) is 0.429. The lowest BCUT2D eigenvalue weighted by Crippen LogP contribution is -2.37. The van der Waals surface area contributed by atoms with Gasteiger partial charge in [-0.25, -0.2) is 8.42 Å². The Hall–Kier alpha value is -1.61. The van der Waals surface area contributed by atoms with Crippen LogP contribution in [0, 0.1) is 0 Å². The maximum Gasteiger partial charge on any atom is 0.248 e. The monoisotopic (exact) mass is 247 g/mol. The van der Waals surface area contributed by atoms with Crippen LogP contribution in [0.15, 0.2) is 11.1 Å². The van der Waals surface area contributed by atoms with Crippen molar-refractivity contribution in [3.05, 3.63) is 6.20 Å². The van der Waals surface area contributed by atoms with Crippen LogP contribution in [0.1, 0.15) is 0 Å². The number of nitrogen functional groups attached to an aromatic ring is 1. The standard InChI is InChI=1S/C7H13N5O3S/c1-9-6(13)4-12(2)16(14,15)5-3-10-11-7(5)8/h3H,4H2,1-2H3,(H,9,13)(H3,8,10,11). The van der Waals surface area contributed by atoms with Crippen LogP contribution in [0.5, 0.6) is 0 Å². The number of amides is 1. The molecule has 0 aliphatic carbocycles. The summed E-state index contributed by atoms with van der Waals surface area (Å²) in [6.45, 7) is -0.274. The van der Waals surface area contributed by atoms with Crippen LogP contribution in [-0.4, -0.2) is 49.5 Å². The number of nitrogens with two attached hydrogens (primary N) is 1. The number of aromatic amines is 1. The van der Waals surface area contributed by atoms with Gasteiger partial charge in [0.25, 0.3) is 0 Å². The minimum atomic E-state index is -3.78. The summed E-state index contributed by atoms with van der Waals surface area (Å²) in [6, 6.07) is 0. The van der Waals surface area contributed by atoms with Gasteiger partial charge in [-0.3, -0.25) is 9.89 Å². The first-order valence-electron chi connectivity index (χ1n) is 4.35. The molecule has 9 heteroatoms. The Kier molecular flexibility index (Phi) is 3.50. The maximum absolute atomic E-state index is 11.9. The van der Waals surface area contributed by atoms with Crippen LogP contribution in [-0.2, 0) is 14.8 Å². The minimum absolute atomic E-state index is 0.0521. The number of carbonyl (C=O) groups excluding carboxylic acids is 1. The molecule has 1 heterocycles. The molecule has 0 spiro atoms. The molecule has 0 unspecified atom stereocenters. The Morgan fingerprint density at radius 1 is 1.69 bits per heavy atom. The van der Waals surface area contributed by atoms with Crippen LogP contribution in [0.2, 0.25) is 0 Å². The second-order valence-electron chi connectivity index (χ2n) is 3.08. The molecule has 0 radical (unpaired) electrons. The number of carbonyl (C=O) groups is 1. The minimum Gasteiger partial charge on any atom is -0.383 e. The molecule has 1 aromatic rings. The Morgan fingerprint density at radius 2 is 2.31 bits per heavy atom. The molecular weight excluding hydrogens is 234 g/mol. The van der Waals surface area contributed by atoms with Crippen molar-refractivity contribution in [2.45, 2.75) is 4.90 Å². The largest absolute Gasteiger partial charge is 0.383 e. The predicted molar refractivity (Wildman–Crippen MR) is 56.9 cm³/mol. The van der Waals surface area contributed by atoms with Gasteiger partial charge in [0.05, 0.1) is 12.7 Å². The van der Waals surface area contributed by atoms with Crippen LogP contribution >= 0.6 is 0 Å². The lowest BCUT2D eigenvalue weighted by molar-refractivity contribution is -0.120. The van der Waals surface area contributed by atoms with Gasteiger partial charge in [-0.15, -0.1) is 0 Å². The van der Waals surface area contributed by atoms with Crippen molar-refractivity contribution in [3.8, 4) is 0 Å². The van der Waals surface area contributed by atoms with Crippen LogP contribution < -0.4 is 11.1 Å². The molecule has 1 amide bonds. The topological polar surface area (TPSA) is 121 Å². The molecule has 16 heavy (non-hydrogen) atoms. The number of rotatable bonds is 4. The van der Waals surface area contributed by atoms with Gasteiger partial charge in [-0.2, -0.15) is 9.40 Å². The van der Waals surface area contributed by atoms with Gasteiger partial charge in [0.2, 0.25) is 15.9 Å². The van der Waals surface area contributed by atoms with Crippen molar-refractivity contribution < 1.29 is 13.2 Å². The first kappa shape index (κ1) is 12.5. The van der Waals surface area contributed by atoms with E-state index in [1.54, 1.807) is 0 Å².